The van der Waals surface area contributed by atoms with Crippen LogP contribution < -0.4 is 0 Å². The summed E-state index contributed by atoms with van der Waals surface area (Å²) in [5.41, 5.74) is 2.77. The molecule has 5 nitrogen and oxygen atoms in total. The van der Waals surface area contributed by atoms with E-state index < -0.39 is 5.97 Å². The summed E-state index contributed by atoms with van der Waals surface area (Å²) >= 11 is 0. The summed E-state index contributed by atoms with van der Waals surface area (Å²) in [6, 6.07) is 0. The number of carbonyl (C=O) groups is 2. The van der Waals surface area contributed by atoms with Crippen LogP contribution in [0.4, 0.5) is 0 Å². The van der Waals surface area contributed by atoms with Crippen molar-refractivity contribution >= 4 is 11.9 Å². The van der Waals surface area contributed by atoms with Crippen LogP contribution in [-0.4, -0.2) is 41.1 Å². The highest BCUT2D eigenvalue weighted by Crippen LogP contribution is 2.29. The molecule has 1 atom stereocenters. The van der Waals surface area contributed by atoms with Gasteiger partial charge in [-0.15, -0.1) is 0 Å². The van der Waals surface area contributed by atoms with Gasteiger partial charge >= 0.3 is 5.97 Å². The van der Waals surface area contributed by atoms with Crippen molar-refractivity contribution in [2.24, 2.45) is 5.92 Å². The quantitative estimate of drug-likeness (QED) is 0.534. The van der Waals surface area contributed by atoms with Crippen LogP contribution in [0.1, 0.15) is 47.0 Å². The Morgan fingerprint density at radius 3 is 2.19 bits per heavy atom. The second-order valence-electron chi connectivity index (χ2n) is 6.94. The predicted octanol–water partition coefficient (Wildman–Crippen LogP) is 4.80. The molecular weight excluding hydrogens is 342 g/mol. The van der Waals surface area contributed by atoms with E-state index in [0.717, 1.165) is 30.4 Å². The summed E-state index contributed by atoms with van der Waals surface area (Å²) in [4.78, 5) is 22.1. The van der Waals surface area contributed by atoms with Crippen molar-refractivity contribution in [1.29, 1.82) is 0 Å². The van der Waals surface area contributed by atoms with Crippen molar-refractivity contribution < 1.29 is 19.8 Å². The molecule has 5 heteroatoms. The van der Waals surface area contributed by atoms with Gasteiger partial charge in [0.25, 0.3) is 0 Å². The first-order chi connectivity index (χ1) is 12.5. The number of carboxylic acid groups (broad SMARTS) is 1. The Morgan fingerprint density at radius 1 is 1.11 bits per heavy atom. The fraction of sp³-hybridized carbons (Fsp3) is 0.455. The number of carbonyl (C=O) groups excluding carboxylic acids is 1. The van der Waals surface area contributed by atoms with Gasteiger partial charge in [0, 0.05) is 33.5 Å². The van der Waals surface area contributed by atoms with Crippen molar-refractivity contribution in [3.05, 3.63) is 58.9 Å². The maximum atomic E-state index is 10.5. The fourth-order valence-electron chi connectivity index (χ4n) is 2.29. The summed E-state index contributed by atoms with van der Waals surface area (Å²) in [6.45, 7) is 7.38. The molecule has 0 aromatic carbocycles. The van der Waals surface area contributed by atoms with Gasteiger partial charge in [0.15, 0.2) is 0 Å². The van der Waals surface area contributed by atoms with E-state index >= 15 is 0 Å². The number of nitrogens with zero attached hydrogens (tertiary/aromatic N) is 1. The molecule has 2 N–H and O–H groups in total. The first-order valence-corrected chi connectivity index (χ1v) is 9.08. The second kappa shape index (κ2) is 12.7. The summed E-state index contributed by atoms with van der Waals surface area (Å²) < 4.78 is 0. The average Bonchev–Trinajstić information content (AvgIpc) is 2.54. The molecule has 0 bridgehead atoms. The highest BCUT2D eigenvalue weighted by Gasteiger charge is 2.16. The molecule has 0 spiro atoms. The fourth-order valence-corrected chi connectivity index (χ4v) is 2.29. The highest BCUT2D eigenvalue weighted by molar-refractivity contribution is 5.81. The lowest BCUT2D eigenvalue weighted by atomic mass is 9.87. The second-order valence-corrected chi connectivity index (χ2v) is 6.94. The third kappa shape index (κ3) is 11.6. The van der Waals surface area contributed by atoms with Gasteiger partial charge in [-0.2, -0.15) is 0 Å². The van der Waals surface area contributed by atoms with Gasteiger partial charge < -0.3 is 15.1 Å². The van der Waals surface area contributed by atoms with E-state index in [1.165, 1.54) is 17.9 Å². The summed E-state index contributed by atoms with van der Waals surface area (Å²) in [5, 5.41) is 18.5. The largest absolute Gasteiger partial charge is 0.512 e. The van der Waals surface area contributed by atoms with Crippen molar-refractivity contribution in [2.45, 2.75) is 47.0 Å². The summed E-state index contributed by atoms with van der Waals surface area (Å²) in [5.74, 6) is 0.0640. The van der Waals surface area contributed by atoms with E-state index in [2.05, 4.69) is 6.92 Å². The zero-order valence-electron chi connectivity index (χ0n) is 17.3. The Balaban J connectivity index is 0.000000972. The van der Waals surface area contributed by atoms with E-state index in [4.69, 9.17) is 5.11 Å². The van der Waals surface area contributed by atoms with Crippen molar-refractivity contribution in [1.82, 2.24) is 4.90 Å². The normalized spacial score (nSPS) is 18.5. The molecule has 1 aliphatic carbocycles. The topological polar surface area (TPSA) is 77.8 Å². The van der Waals surface area contributed by atoms with E-state index in [1.54, 1.807) is 27.1 Å². The zero-order chi connectivity index (χ0) is 21.0. The van der Waals surface area contributed by atoms with E-state index in [-0.39, 0.29) is 5.91 Å². The van der Waals surface area contributed by atoms with E-state index in [0.29, 0.717) is 17.3 Å². The Labute approximate surface area is 163 Å². The molecule has 0 saturated heterocycles. The van der Waals surface area contributed by atoms with Crippen LogP contribution in [-0.2, 0) is 9.59 Å². The smallest absolute Gasteiger partial charge is 0.328 e. The third-order valence-corrected chi connectivity index (χ3v) is 4.14. The molecule has 0 saturated carbocycles. The van der Waals surface area contributed by atoms with Crippen LogP contribution >= 0.6 is 0 Å². The number of aliphatic carboxylic acids is 1. The van der Waals surface area contributed by atoms with Gasteiger partial charge in [0.1, 0.15) is 0 Å². The summed E-state index contributed by atoms with van der Waals surface area (Å²) in [7, 11) is 3.45. The van der Waals surface area contributed by atoms with Crippen LogP contribution in [0.2, 0.25) is 0 Å². The van der Waals surface area contributed by atoms with Crippen molar-refractivity contribution in [3.8, 4) is 0 Å². The number of rotatable bonds is 5. The van der Waals surface area contributed by atoms with Gasteiger partial charge in [-0.1, -0.05) is 42.9 Å². The molecule has 0 aromatic heterocycles. The van der Waals surface area contributed by atoms with Gasteiger partial charge in [-0.3, -0.25) is 4.79 Å². The van der Waals surface area contributed by atoms with Crippen LogP contribution in [0.25, 0.3) is 0 Å². The number of hydrogen-bond acceptors (Lipinski definition) is 3. The Bertz CT molecular complexity index is 664. The first-order valence-electron chi connectivity index (χ1n) is 9.08. The molecule has 1 rings (SSSR count). The molecular formula is C22H33NO4. The van der Waals surface area contributed by atoms with Crippen molar-refractivity contribution in [2.75, 3.05) is 14.1 Å². The molecule has 150 valence electrons. The molecule has 0 radical (unpaired) electrons. The average molecular weight is 376 g/mol. The molecule has 0 aromatic rings. The Hall–Kier alpha value is -2.56. The molecule has 0 fully saturated rings. The Kier molecular flexibility index (Phi) is 11.5. The monoisotopic (exact) mass is 375 g/mol. The lowest BCUT2D eigenvalue weighted by Crippen LogP contribution is -2.17. The lowest BCUT2D eigenvalue weighted by Gasteiger charge is -2.20. The van der Waals surface area contributed by atoms with Crippen LogP contribution in [0, 0.1) is 5.92 Å². The molecule has 0 unspecified atom stereocenters. The maximum absolute atomic E-state index is 10.5. The van der Waals surface area contributed by atoms with Gasteiger partial charge in [0.05, 0.1) is 5.76 Å². The van der Waals surface area contributed by atoms with Crippen LogP contribution in [0.15, 0.2) is 58.9 Å². The van der Waals surface area contributed by atoms with Gasteiger partial charge in [-0.05, 0) is 43.8 Å². The number of allylic oxidation sites excluding steroid dienone is 9. The maximum Gasteiger partial charge on any atom is 0.328 e. The number of hydrogen-bond donors (Lipinski definition) is 2. The number of aliphatic hydroxyl groups excluding tert-OH is 1. The van der Waals surface area contributed by atoms with E-state index in [9.17, 15) is 14.7 Å². The number of carboxylic acids is 1. The molecule has 0 aliphatic heterocycles. The van der Waals surface area contributed by atoms with Gasteiger partial charge in [-0.25, -0.2) is 4.79 Å². The SMILES string of the molecule is CC(/C=C/C1=C(O)CCC[C@H]1C)=C\C=C\C(C)=C\C(=O)O.CC(=O)N(C)C. The van der Waals surface area contributed by atoms with Crippen LogP contribution in [0.5, 0.6) is 0 Å². The summed E-state index contributed by atoms with van der Waals surface area (Å²) in [6.07, 6.45) is 13.6. The molecule has 1 amide bonds. The van der Waals surface area contributed by atoms with Crippen molar-refractivity contribution in [3.63, 3.8) is 0 Å². The molecule has 0 heterocycles. The molecule has 27 heavy (non-hydrogen) atoms. The minimum absolute atomic E-state index is 0.0926. The zero-order valence-corrected chi connectivity index (χ0v) is 17.3. The minimum atomic E-state index is -0.938. The standard InChI is InChI=1S/C18H24O3.C4H9NO/c1-13(6-4-7-14(2)12-18(20)21)10-11-16-15(3)8-5-9-17(16)19;1-4(6)5(2)3/h4,6-7,10-12,15,19H,5,8-9H2,1-3H3,(H,20,21);1-3H3/b7-4+,11-10+,13-6+,14-12+;/t15-;/m1./s1. The first kappa shape index (κ1) is 24.4. The number of aliphatic hydroxyl groups is 1. The van der Waals surface area contributed by atoms with E-state index in [1.807, 2.05) is 31.2 Å². The third-order valence-electron chi connectivity index (χ3n) is 4.14. The van der Waals surface area contributed by atoms with Gasteiger partial charge in [0.2, 0.25) is 5.91 Å². The highest BCUT2D eigenvalue weighted by atomic mass is 16.4. The minimum Gasteiger partial charge on any atom is -0.512 e. The lowest BCUT2D eigenvalue weighted by molar-refractivity contribution is -0.131. The predicted molar refractivity (Wildman–Crippen MR) is 110 cm³/mol. The Morgan fingerprint density at radius 2 is 1.70 bits per heavy atom. The molecule has 1 aliphatic rings. The number of amides is 1. The van der Waals surface area contributed by atoms with Crippen LogP contribution in [0.3, 0.4) is 0 Å².